The van der Waals surface area contributed by atoms with Gasteiger partial charge >= 0.3 is 0 Å². The summed E-state index contributed by atoms with van der Waals surface area (Å²) in [7, 11) is 0. The number of aliphatic hydroxyl groups excluding tert-OH is 1. The molecule has 39 heavy (non-hydrogen) atoms. The molecule has 0 fully saturated rings. The molecule has 0 saturated carbocycles. The molecule has 0 aliphatic carbocycles. The van der Waals surface area contributed by atoms with Crippen molar-refractivity contribution in [3.05, 3.63) is 88.0 Å². The third-order valence-corrected chi connectivity index (χ3v) is 7.40. The average molecular weight is 529 g/mol. The summed E-state index contributed by atoms with van der Waals surface area (Å²) in [5.41, 5.74) is 5.47. The first-order valence-electron chi connectivity index (χ1n) is 14.0. The van der Waals surface area contributed by atoms with Crippen LogP contribution >= 0.6 is 0 Å². The molecule has 3 aromatic rings. The van der Waals surface area contributed by atoms with Crippen molar-refractivity contribution in [2.45, 2.75) is 111 Å². The van der Waals surface area contributed by atoms with Crippen LogP contribution in [0.4, 0.5) is 0 Å². The fourth-order valence-electron chi connectivity index (χ4n) is 5.37. The molecule has 1 atom stereocenters. The first-order chi connectivity index (χ1) is 17.7. The van der Waals surface area contributed by atoms with Gasteiger partial charge in [0.1, 0.15) is 11.9 Å². The summed E-state index contributed by atoms with van der Waals surface area (Å²) in [6.07, 6.45) is -1.36. The number of carbonyl (C=O) groups excluding carboxylic acids is 1. The lowest BCUT2D eigenvalue weighted by Crippen LogP contribution is -2.25. The predicted molar refractivity (Wildman–Crippen MR) is 164 cm³/mol. The number of aliphatic hydroxyl groups is 1. The Bertz CT molecular complexity index is 1320. The molecule has 210 valence electrons. The minimum atomic E-state index is -1.36. The second-order valence-corrected chi connectivity index (χ2v) is 15.0. The zero-order valence-electron chi connectivity index (χ0n) is 26.1. The van der Waals surface area contributed by atoms with E-state index in [0.717, 1.165) is 27.8 Å². The molecule has 0 aliphatic rings. The van der Waals surface area contributed by atoms with Gasteiger partial charge in [-0.15, -0.1) is 0 Å². The highest BCUT2D eigenvalue weighted by molar-refractivity contribution is 6.03. The molecule has 3 aromatic carbocycles. The summed E-state index contributed by atoms with van der Waals surface area (Å²) in [5, 5.41) is 22.8. The largest absolute Gasteiger partial charge is 0.507 e. The van der Waals surface area contributed by atoms with Gasteiger partial charge in [-0.3, -0.25) is 4.79 Å². The van der Waals surface area contributed by atoms with Crippen LogP contribution in [0.3, 0.4) is 0 Å². The van der Waals surface area contributed by atoms with Gasteiger partial charge in [0, 0.05) is 5.56 Å². The van der Waals surface area contributed by atoms with Gasteiger partial charge in [0.15, 0.2) is 5.78 Å². The van der Waals surface area contributed by atoms with Gasteiger partial charge in [-0.1, -0.05) is 126 Å². The topological polar surface area (TPSA) is 57.5 Å². The van der Waals surface area contributed by atoms with Crippen molar-refractivity contribution in [3.63, 3.8) is 0 Å². The lowest BCUT2D eigenvalue weighted by molar-refractivity contribution is 0.0744. The van der Waals surface area contributed by atoms with Crippen molar-refractivity contribution in [3.8, 4) is 16.9 Å². The molecule has 3 rings (SSSR count). The fourth-order valence-corrected chi connectivity index (χ4v) is 5.37. The van der Waals surface area contributed by atoms with Crippen LogP contribution in [-0.4, -0.2) is 16.0 Å². The normalized spacial score (nSPS) is 13.9. The Morgan fingerprint density at radius 3 is 1.51 bits per heavy atom. The Morgan fingerprint density at radius 1 is 0.641 bits per heavy atom. The number of aromatic hydroxyl groups is 1. The quantitative estimate of drug-likeness (QED) is 0.332. The van der Waals surface area contributed by atoms with Gasteiger partial charge in [-0.25, -0.2) is 0 Å². The minimum absolute atomic E-state index is 0.147. The van der Waals surface area contributed by atoms with E-state index in [1.165, 1.54) is 5.56 Å². The molecule has 2 N–H and O–H groups in total. The van der Waals surface area contributed by atoms with Crippen molar-refractivity contribution in [2.24, 2.45) is 0 Å². The molecule has 0 heterocycles. The van der Waals surface area contributed by atoms with Crippen molar-refractivity contribution >= 4 is 5.78 Å². The fraction of sp³-hybridized carbons (Fsp3) is 0.472. The van der Waals surface area contributed by atoms with E-state index >= 15 is 0 Å². The second-order valence-electron chi connectivity index (χ2n) is 15.0. The lowest BCUT2D eigenvalue weighted by Gasteiger charge is -2.33. The highest BCUT2D eigenvalue weighted by atomic mass is 16.3. The predicted octanol–water partition coefficient (Wildman–Crippen LogP) is 9.17. The number of hydrogen-bond donors (Lipinski definition) is 2. The van der Waals surface area contributed by atoms with Crippen LogP contribution in [0.5, 0.6) is 5.75 Å². The van der Waals surface area contributed by atoms with Crippen molar-refractivity contribution in [1.29, 1.82) is 0 Å². The van der Waals surface area contributed by atoms with Crippen LogP contribution in [0.2, 0.25) is 0 Å². The monoisotopic (exact) mass is 528 g/mol. The molecular formula is C36H48O3. The maximum Gasteiger partial charge on any atom is 0.196 e. The van der Waals surface area contributed by atoms with E-state index in [2.05, 4.69) is 59.7 Å². The smallest absolute Gasteiger partial charge is 0.196 e. The number of carbonyl (C=O) groups is 1. The number of Topliss-reactive ketones (excluding diaryl/α,β-unsaturated/α-hetero) is 1. The highest BCUT2D eigenvalue weighted by Gasteiger charge is 2.34. The number of benzene rings is 3. The maximum absolute atomic E-state index is 14.3. The van der Waals surface area contributed by atoms with E-state index < -0.39 is 6.10 Å². The zero-order chi connectivity index (χ0) is 29.7. The maximum atomic E-state index is 14.3. The van der Waals surface area contributed by atoms with Crippen molar-refractivity contribution < 1.29 is 15.0 Å². The molecule has 0 saturated heterocycles. The van der Waals surface area contributed by atoms with Crippen LogP contribution in [0.25, 0.3) is 11.1 Å². The first kappa shape index (κ1) is 30.6. The van der Waals surface area contributed by atoms with Gasteiger partial charge in [0.25, 0.3) is 0 Å². The van der Waals surface area contributed by atoms with Crippen LogP contribution in [0.1, 0.15) is 127 Å². The van der Waals surface area contributed by atoms with E-state index in [0.29, 0.717) is 11.1 Å². The SMILES string of the molecule is CC(C)(C)c1cc(C(O)C(=O)c2ccc(C(C)(C)C)c(-c3ccccc3)c2C(C)(C)C)cc(C(C)(C)C)c1O. The molecule has 0 aliphatic heterocycles. The number of hydrogen-bond acceptors (Lipinski definition) is 3. The Hall–Kier alpha value is -2.91. The zero-order valence-corrected chi connectivity index (χ0v) is 26.1. The van der Waals surface area contributed by atoms with Crippen molar-refractivity contribution in [1.82, 2.24) is 0 Å². The summed E-state index contributed by atoms with van der Waals surface area (Å²) in [6, 6.07) is 17.8. The van der Waals surface area contributed by atoms with Gasteiger partial charge in [0.05, 0.1) is 0 Å². The minimum Gasteiger partial charge on any atom is -0.507 e. The van der Waals surface area contributed by atoms with E-state index in [-0.39, 0.29) is 33.2 Å². The van der Waals surface area contributed by atoms with Crippen LogP contribution < -0.4 is 0 Å². The molecule has 3 nitrogen and oxygen atoms in total. The third-order valence-electron chi connectivity index (χ3n) is 7.40. The standard InChI is InChI=1S/C36H48O3/c1-33(2,3)25-19-18-24(29(36(10,11)12)28(25)22-16-14-13-15-17-22)31(38)30(37)23-20-26(34(4,5)6)32(39)27(21-23)35(7,8)9/h13-21,30,37,39H,1-12H3. The van der Waals surface area contributed by atoms with Gasteiger partial charge in [-0.05, 0) is 72.7 Å². The second kappa shape index (κ2) is 10.2. The highest BCUT2D eigenvalue weighted by Crippen LogP contribution is 2.45. The number of phenolic OH excluding ortho intramolecular Hbond substituents is 1. The molecule has 0 bridgehead atoms. The van der Waals surface area contributed by atoms with Gasteiger partial charge in [0.2, 0.25) is 0 Å². The van der Waals surface area contributed by atoms with Gasteiger partial charge in [-0.2, -0.15) is 0 Å². The Labute approximate surface area is 236 Å². The number of rotatable bonds is 4. The summed E-state index contributed by atoms with van der Waals surface area (Å²) in [4.78, 5) is 14.3. The summed E-state index contributed by atoms with van der Waals surface area (Å²) in [5.74, 6) is -0.0994. The third kappa shape index (κ3) is 6.30. The van der Waals surface area contributed by atoms with Crippen LogP contribution in [0.15, 0.2) is 54.6 Å². The van der Waals surface area contributed by atoms with E-state index in [1.54, 1.807) is 12.1 Å². The number of ketones is 1. The molecule has 0 amide bonds. The Balaban J connectivity index is 2.34. The lowest BCUT2D eigenvalue weighted by atomic mass is 9.71. The molecule has 1 unspecified atom stereocenters. The van der Waals surface area contributed by atoms with E-state index in [4.69, 9.17) is 0 Å². The summed E-state index contributed by atoms with van der Waals surface area (Å²) < 4.78 is 0. The summed E-state index contributed by atoms with van der Waals surface area (Å²) >= 11 is 0. The summed E-state index contributed by atoms with van der Waals surface area (Å²) in [6.45, 7) is 25.1. The van der Waals surface area contributed by atoms with Crippen LogP contribution in [-0.2, 0) is 21.7 Å². The molecule has 3 heteroatoms. The first-order valence-corrected chi connectivity index (χ1v) is 14.0. The van der Waals surface area contributed by atoms with Crippen LogP contribution in [0, 0.1) is 0 Å². The molecule has 0 aromatic heterocycles. The van der Waals surface area contributed by atoms with E-state index in [9.17, 15) is 15.0 Å². The molecule has 0 radical (unpaired) electrons. The Kier molecular flexibility index (Phi) is 8.05. The van der Waals surface area contributed by atoms with Gasteiger partial charge < -0.3 is 10.2 Å². The van der Waals surface area contributed by atoms with Crippen molar-refractivity contribution in [2.75, 3.05) is 0 Å². The van der Waals surface area contributed by atoms with E-state index in [1.807, 2.05) is 65.8 Å². The average Bonchev–Trinajstić information content (AvgIpc) is 2.80. The molecular weight excluding hydrogens is 480 g/mol. The number of phenols is 1. The Morgan fingerprint density at radius 2 is 1.10 bits per heavy atom. The molecule has 0 spiro atoms.